The molecule has 22 heavy (non-hydrogen) atoms. The predicted octanol–water partition coefficient (Wildman–Crippen LogP) is 2.70. The molecule has 0 aromatic carbocycles. The Morgan fingerprint density at radius 1 is 1.23 bits per heavy atom. The maximum absolute atomic E-state index is 12.2. The van der Waals surface area contributed by atoms with Gasteiger partial charge in [0.15, 0.2) is 5.54 Å². The van der Waals surface area contributed by atoms with Crippen molar-refractivity contribution in [1.29, 1.82) is 0 Å². The molecule has 0 radical (unpaired) electrons. The molecule has 0 aliphatic rings. The number of carbonyl (C=O) groups is 1. The van der Waals surface area contributed by atoms with E-state index in [9.17, 15) is 9.90 Å². The summed E-state index contributed by atoms with van der Waals surface area (Å²) in [6, 6.07) is 5.15. The second-order valence-corrected chi connectivity index (χ2v) is 6.41. The number of aromatic nitrogens is 3. The zero-order chi connectivity index (χ0) is 16.2. The number of carboxylic acid groups (broad SMARTS) is 1. The third-order valence-electron chi connectivity index (χ3n) is 3.24. The minimum atomic E-state index is -1.30. The van der Waals surface area contributed by atoms with E-state index in [0.29, 0.717) is 17.8 Å². The van der Waals surface area contributed by atoms with E-state index in [0.717, 1.165) is 0 Å². The molecule has 0 saturated carbocycles. The van der Waals surface area contributed by atoms with Crippen LogP contribution in [0.25, 0.3) is 0 Å². The zero-order valence-electron chi connectivity index (χ0n) is 12.9. The van der Waals surface area contributed by atoms with Gasteiger partial charge < -0.3 is 10.4 Å². The Kier molecular flexibility index (Phi) is 4.40. The second-order valence-electron chi connectivity index (χ2n) is 6.41. The van der Waals surface area contributed by atoms with Crippen molar-refractivity contribution in [2.24, 2.45) is 5.41 Å². The van der Waals surface area contributed by atoms with Crippen molar-refractivity contribution in [2.45, 2.75) is 32.7 Å². The number of nitrogens with zero attached hydrogens (tertiary/aromatic N) is 3. The van der Waals surface area contributed by atoms with Gasteiger partial charge in [-0.05, 0) is 24.0 Å². The second kappa shape index (κ2) is 6.09. The van der Waals surface area contributed by atoms with Gasteiger partial charge >= 0.3 is 5.97 Å². The molecule has 0 fully saturated rings. The Morgan fingerprint density at radius 3 is 2.50 bits per heavy atom. The van der Waals surface area contributed by atoms with Gasteiger partial charge in [-0.3, -0.25) is 4.98 Å². The number of aliphatic carboxylic acids is 1. The fourth-order valence-corrected chi connectivity index (χ4v) is 2.46. The van der Waals surface area contributed by atoms with E-state index < -0.39 is 11.5 Å². The van der Waals surface area contributed by atoms with Crippen molar-refractivity contribution in [2.75, 3.05) is 5.32 Å². The van der Waals surface area contributed by atoms with Gasteiger partial charge in [0.2, 0.25) is 0 Å². The lowest BCUT2D eigenvalue weighted by Gasteiger charge is -2.36. The van der Waals surface area contributed by atoms with Crippen LogP contribution in [-0.4, -0.2) is 26.0 Å². The van der Waals surface area contributed by atoms with Crippen LogP contribution >= 0.6 is 0 Å². The van der Waals surface area contributed by atoms with E-state index in [1.807, 2.05) is 20.8 Å². The van der Waals surface area contributed by atoms with E-state index in [1.54, 1.807) is 36.8 Å². The summed E-state index contributed by atoms with van der Waals surface area (Å²) in [5, 5.41) is 13.0. The lowest BCUT2D eigenvalue weighted by Crippen LogP contribution is -2.46. The minimum absolute atomic E-state index is 0.214. The van der Waals surface area contributed by atoms with Crippen molar-refractivity contribution in [3.63, 3.8) is 0 Å². The van der Waals surface area contributed by atoms with Crippen LogP contribution < -0.4 is 5.32 Å². The van der Waals surface area contributed by atoms with Crippen LogP contribution in [0, 0.1) is 5.41 Å². The number of anilines is 1. The maximum Gasteiger partial charge on any atom is 0.334 e. The third kappa shape index (κ3) is 3.58. The SMILES string of the molecule is CC(C)(C)CC(Nc1ccncn1)(C(=O)O)c1cccnc1. The number of hydrogen-bond donors (Lipinski definition) is 2. The summed E-state index contributed by atoms with van der Waals surface area (Å²) in [5.41, 5.74) is -0.925. The molecule has 6 nitrogen and oxygen atoms in total. The van der Waals surface area contributed by atoms with Crippen molar-refractivity contribution in [3.8, 4) is 0 Å². The minimum Gasteiger partial charge on any atom is -0.479 e. The molecule has 0 spiro atoms. The third-order valence-corrected chi connectivity index (χ3v) is 3.24. The molecular formula is C16H20N4O2. The number of rotatable bonds is 5. The molecule has 0 saturated heterocycles. The lowest BCUT2D eigenvalue weighted by molar-refractivity contribution is -0.144. The highest BCUT2D eigenvalue weighted by Crippen LogP contribution is 2.37. The Balaban J connectivity index is 2.53. The largest absolute Gasteiger partial charge is 0.479 e. The highest BCUT2D eigenvalue weighted by molar-refractivity contribution is 5.84. The zero-order valence-corrected chi connectivity index (χ0v) is 12.9. The van der Waals surface area contributed by atoms with E-state index in [-0.39, 0.29) is 5.41 Å². The summed E-state index contributed by atoms with van der Waals surface area (Å²) in [6.45, 7) is 6.01. The van der Waals surface area contributed by atoms with Crippen LogP contribution in [0.4, 0.5) is 5.82 Å². The molecule has 6 heteroatoms. The summed E-state index contributed by atoms with van der Waals surface area (Å²) in [7, 11) is 0. The number of nitrogens with one attached hydrogen (secondary N) is 1. The number of hydrogen-bond acceptors (Lipinski definition) is 5. The van der Waals surface area contributed by atoms with Gasteiger partial charge in [0.25, 0.3) is 0 Å². The lowest BCUT2D eigenvalue weighted by atomic mass is 9.76. The van der Waals surface area contributed by atoms with Crippen molar-refractivity contribution in [3.05, 3.63) is 48.7 Å². The Labute approximate surface area is 129 Å². The van der Waals surface area contributed by atoms with Crippen LogP contribution in [0.1, 0.15) is 32.8 Å². The molecule has 2 heterocycles. The summed E-state index contributed by atoms with van der Waals surface area (Å²) in [5.74, 6) is -0.500. The first-order chi connectivity index (χ1) is 10.3. The normalized spacial score (nSPS) is 14.1. The van der Waals surface area contributed by atoms with Gasteiger partial charge in [0, 0.05) is 24.2 Å². The Bertz CT molecular complexity index is 626. The van der Waals surface area contributed by atoms with Gasteiger partial charge in [0.05, 0.1) is 0 Å². The first kappa shape index (κ1) is 15.9. The highest BCUT2D eigenvalue weighted by Gasteiger charge is 2.44. The van der Waals surface area contributed by atoms with Crippen LogP contribution in [0.15, 0.2) is 43.1 Å². The fourth-order valence-electron chi connectivity index (χ4n) is 2.46. The molecule has 1 atom stereocenters. The first-order valence-corrected chi connectivity index (χ1v) is 7.02. The number of carboxylic acids is 1. The molecule has 1 unspecified atom stereocenters. The van der Waals surface area contributed by atoms with E-state index >= 15 is 0 Å². The van der Waals surface area contributed by atoms with Crippen molar-refractivity contribution >= 4 is 11.8 Å². The van der Waals surface area contributed by atoms with Gasteiger partial charge in [-0.2, -0.15) is 0 Å². The monoisotopic (exact) mass is 300 g/mol. The molecule has 2 aromatic rings. The molecule has 0 aliphatic carbocycles. The van der Waals surface area contributed by atoms with Crippen LogP contribution in [0.5, 0.6) is 0 Å². The molecule has 0 amide bonds. The predicted molar refractivity (Wildman–Crippen MR) is 83.3 cm³/mol. The summed E-state index contributed by atoms with van der Waals surface area (Å²) in [4.78, 5) is 24.2. The quantitative estimate of drug-likeness (QED) is 0.882. The maximum atomic E-state index is 12.2. The smallest absolute Gasteiger partial charge is 0.334 e. The molecular weight excluding hydrogens is 280 g/mol. The number of pyridine rings is 1. The molecule has 116 valence electrons. The van der Waals surface area contributed by atoms with Crippen molar-refractivity contribution < 1.29 is 9.90 Å². The molecule has 2 N–H and O–H groups in total. The van der Waals surface area contributed by atoms with E-state index in [4.69, 9.17) is 0 Å². The standard InChI is InChI=1S/C16H20N4O2/c1-15(2,3)10-16(14(21)22,12-5-4-7-17-9-12)20-13-6-8-18-11-19-13/h4-9,11H,10H2,1-3H3,(H,21,22)(H,18,19,20). The summed E-state index contributed by atoms with van der Waals surface area (Å²) >= 11 is 0. The van der Waals surface area contributed by atoms with Gasteiger partial charge in [-0.25, -0.2) is 14.8 Å². The van der Waals surface area contributed by atoms with Crippen LogP contribution in [-0.2, 0) is 10.3 Å². The van der Waals surface area contributed by atoms with E-state index in [1.165, 1.54) is 6.33 Å². The summed E-state index contributed by atoms with van der Waals surface area (Å²) in [6.07, 6.45) is 6.54. The van der Waals surface area contributed by atoms with Gasteiger partial charge in [-0.15, -0.1) is 0 Å². The topological polar surface area (TPSA) is 88.0 Å². The highest BCUT2D eigenvalue weighted by atomic mass is 16.4. The molecule has 2 aromatic heterocycles. The van der Waals surface area contributed by atoms with Gasteiger partial charge in [0.1, 0.15) is 12.1 Å². The molecule has 2 rings (SSSR count). The molecule has 0 bridgehead atoms. The van der Waals surface area contributed by atoms with Crippen LogP contribution in [0.3, 0.4) is 0 Å². The summed E-state index contributed by atoms with van der Waals surface area (Å²) < 4.78 is 0. The van der Waals surface area contributed by atoms with Crippen LogP contribution in [0.2, 0.25) is 0 Å². The average molecular weight is 300 g/mol. The van der Waals surface area contributed by atoms with Crippen molar-refractivity contribution in [1.82, 2.24) is 15.0 Å². The average Bonchev–Trinajstić information content (AvgIpc) is 2.47. The Morgan fingerprint density at radius 2 is 2.00 bits per heavy atom. The Hall–Kier alpha value is -2.50. The first-order valence-electron chi connectivity index (χ1n) is 7.02. The van der Waals surface area contributed by atoms with E-state index in [2.05, 4.69) is 20.3 Å². The van der Waals surface area contributed by atoms with Gasteiger partial charge in [-0.1, -0.05) is 26.8 Å². The molecule has 0 aliphatic heterocycles. The fraction of sp³-hybridized carbons (Fsp3) is 0.375.